The Labute approximate surface area is 199 Å². The number of fused-ring (bicyclic) bond motifs is 1. The number of H-pyrrole nitrogens is 1. The van der Waals surface area contributed by atoms with E-state index in [9.17, 15) is 9.59 Å². The molecule has 3 heterocycles. The van der Waals surface area contributed by atoms with Crippen LogP contribution in [0.15, 0.2) is 21.9 Å². The minimum absolute atomic E-state index is 0.0781. The van der Waals surface area contributed by atoms with Gasteiger partial charge >= 0.3 is 14.3 Å². The van der Waals surface area contributed by atoms with Crippen LogP contribution >= 0.6 is 0 Å². The van der Waals surface area contributed by atoms with E-state index < -0.39 is 39.8 Å². The van der Waals surface area contributed by atoms with E-state index in [1.807, 2.05) is 6.92 Å². The van der Waals surface area contributed by atoms with Crippen LogP contribution in [0.25, 0.3) is 0 Å². The number of hydrogen-bond donors (Lipinski definition) is 1. The molecular weight excluding hydrogens is 452 g/mol. The summed E-state index contributed by atoms with van der Waals surface area (Å²) in [6, 6.07) is 1.33. The fraction of sp³-hybridized carbons (Fsp3) is 0.750. The van der Waals surface area contributed by atoms with Gasteiger partial charge in [0.2, 0.25) is 0 Å². The first-order valence-electron chi connectivity index (χ1n) is 12.1. The molecule has 0 aliphatic carbocycles. The quantitative estimate of drug-likeness (QED) is 0.483. The first kappa shape index (κ1) is 26.2. The van der Waals surface area contributed by atoms with Gasteiger partial charge in [0.25, 0.3) is 5.56 Å². The van der Waals surface area contributed by atoms with Gasteiger partial charge in [0.15, 0.2) is 14.5 Å². The fourth-order valence-corrected chi connectivity index (χ4v) is 20.2. The van der Waals surface area contributed by atoms with Crippen LogP contribution in [0.5, 0.6) is 0 Å². The van der Waals surface area contributed by atoms with Crippen LogP contribution in [0.2, 0.25) is 27.7 Å². The van der Waals surface area contributed by atoms with Crippen LogP contribution < -0.4 is 11.2 Å². The molecule has 9 heteroatoms. The second-order valence-electron chi connectivity index (χ2n) is 11.1. The van der Waals surface area contributed by atoms with Crippen molar-refractivity contribution in [2.24, 2.45) is 5.41 Å². The molecule has 1 N–H and O–H groups in total. The van der Waals surface area contributed by atoms with E-state index in [0.717, 1.165) is 0 Å². The SMILES string of the molecule is C#CC1(C)C(n2ccc(=O)[nH]c2=O)OC2CO[Si](C(C)C)(C(C)C)O[Si](C(C)C)(C(C)C)C21. The molecule has 0 radical (unpaired) electrons. The molecule has 0 amide bonds. The van der Waals surface area contributed by atoms with Gasteiger partial charge in [-0.05, 0) is 29.1 Å². The second-order valence-corrected chi connectivity index (χ2v) is 20.6. The summed E-state index contributed by atoms with van der Waals surface area (Å²) in [5.41, 5.74) is -0.791. The predicted molar refractivity (Wildman–Crippen MR) is 135 cm³/mol. The van der Waals surface area contributed by atoms with E-state index in [1.54, 1.807) is 0 Å². The molecule has 2 aliphatic rings. The zero-order valence-corrected chi connectivity index (χ0v) is 23.5. The highest BCUT2D eigenvalue weighted by atomic mass is 28.4. The lowest BCUT2D eigenvalue weighted by Crippen LogP contribution is -2.62. The number of hydrogen-bond acceptors (Lipinski definition) is 5. The molecule has 4 atom stereocenters. The molecule has 0 spiro atoms. The van der Waals surface area contributed by atoms with Gasteiger partial charge in [-0.2, -0.15) is 0 Å². The summed E-state index contributed by atoms with van der Waals surface area (Å²) in [4.78, 5) is 26.8. The summed E-state index contributed by atoms with van der Waals surface area (Å²) in [6.07, 6.45) is 6.73. The average Bonchev–Trinajstić information content (AvgIpc) is 2.90. The lowest BCUT2D eigenvalue weighted by atomic mass is 9.85. The summed E-state index contributed by atoms with van der Waals surface area (Å²) >= 11 is 0. The lowest BCUT2D eigenvalue weighted by molar-refractivity contribution is -0.0420. The Balaban J connectivity index is 2.27. The van der Waals surface area contributed by atoms with Crippen molar-refractivity contribution >= 4 is 16.9 Å². The molecule has 0 saturated carbocycles. The summed E-state index contributed by atoms with van der Waals surface area (Å²) in [5.74, 6) is 3.05. The maximum Gasteiger partial charge on any atom is 0.333 e. The van der Waals surface area contributed by atoms with Gasteiger partial charge in [-0.25, -0.2) is 4.79 Å². The number of terminal acetylenes is 1. The summed E-state index contributed by atoms with van der Waals surface area (Å²) in [6.45, 7) is 20.2. The third-order valence-corrected chi connectivity index (χ3v) is 20.0. The topological polar surface area (TPSA) is 82.6 Å². The molecule has 2 aliphatic heterocycles. The molecule has 3 rings (SSSR count). The van der Waals surface area contributed by atoms with Crippen molar-refractivity contribution in [3.05, 3.63) is 33.1 Å². The second kappa shape index (κ2) is 8.97. The molecule has 0 aromatic carbocycles. The molecule has 2 fully saturated rings. The van der Waals surface area contributed by atoms with Crippen molar-refractivity contribution in [2.75, 3.05) is 6.61 Å². The Morgan fingerprint density at radius 1 is 1.09 bits per heavy atom. The largest absolute Gasteiger partial charge is 0.434 e. The summed E-state index contributed by atoms with van der Waals surface area (Å²) in [7, 11) is -5.27. The van der Waals surface area contributed by atoms with Gasteiger partial charge in [0, 0.05) is 17.8 Å². The normalized spacial score (nSPS) is 31.1. The van der Waals surface area contributed by atoms with Crippen LogP contribution in [-0.2, 0) is 13.3 Å². The van der Waals surface area contributed by atoms with Crippen LogP contribution in [-0.4, -0.2) is 39.1 Å². The van der Waals surface area contributed by atoms with Crippen LogP contribution in [0.4, 0.5) is 0 Å². The zero-order valence-electron chi connectivity index (χ0n) is 21.5. The highest BCUT2D eigenvalue weighted by Gasteiger charge is 2.70. The van der Waals surface area contributed by atoms with E-state index >= 15 is 0 Å². The van der Waals surface area contributed by atoms with Crippen molar-refractivity contribution < 1.29 is 13.3 Å². The van der Waals surface area contributed by atoms with Gasteiger partial charge in [-0.1, -0.05) is 61.3 Å². The number of aromatic amines is 1. The maximum absolute atomic E-state index is 12.7. The summed E-state index contributed by atoms with van der Waals surface area (Å²) in [5, 5.41) is 0. The van der Waals surface area contributed by atoms with E-state index in [4.69, 9.17) is 19.7 Å². The number of nitrogens with one attached hydrogen (secondary N) is 1. The van der Waals surface area contributed by atoms with E-state index in [0.29, 0.717) is 6.61 Å². The Morgan fingerprint density at radius 3 is 2.12 bits per heavy atom. The molecule has 2 saturated heterocycles. The maximum atomic E-state index is 12.7. The van der Waals surface area contributed by atoms with Crippen molar-refractivity contribution in [3.63, 3.8) is 0 Å². The highest BCUT2D eigenvalue weighted by molar-refractivity contribution is 6.88. The average molecular weight is 493 g/mol. The van der Waals surface area contributed by atoms with Crippen molar-refractivity contribution in [1.82, 2.24) is 9.55 Å². The predicted octanol–water partition coefficient (Wildman–Crippen LogP) is 4.52. The first-order chi connectivity index (χ1) is 15.3. The molecule has 184 valence electrons. The molecule has 7 nitrogen and oxygen atoms in total. The lowest BCUT2D eigenvalue weighted by Gasteiger charge is -2.52. The Bertz CT molecular complexity index is 1010. The third-order valence-electron chi connectivity index (χ3n) is 7.96. The Kier molecular flexibility index (Phi) is 7.11. The molecule has 1 aromatic rings. The number of rotatable bonds is 5. The fourth-order valence-electron chi connectivity index (χ4n) is 6.39. The van der Waals surface area contributed by atoms with Crippen LogP contribution in [0.3, 0.4) is 0 Å². The number of ether oxygens (including phenoxy) is 1. The molecule has 1 aromatic heterocycles. The Morgan fingerprint density at radius 2 is 1.67 bits per heavy atom. The summed E-state index contributed by atoms with van der Waals surface area (Å²) < 4.78 is 22.3. The standard InChI is InChI=1S/C24H40N2O5Si2/c1-11-24(10)21-19(30-22(24)26-13-12-20(27)25-23(26)28)14-29-33(17(6)7,18(8)9)31-32(21,15(2)3)16(4)5/h1,12-13,15-19,21-22H,14H2,2-10H3,(H,25,27,28). The van der Waals surface area contributed by atoms with E-state index in [2.05, 4.69) is 66.3 Å². The minimum atomic E-state index is -2.66. The third kappa shape index (κ3) is 3.84. The van der Waals surface area contributed by atoms with Gasteiger partial charge in [0.1, 0.15) is 0 Å². The van der Waals surface area contributed by atoms with Gasteiger partial charge < -0.3 is 13.3 Å². The molecular formula is C24H40N2O5Si2. The van der Waals surface area contributed by atoms with E-state index in [-0.39, 0.29) is 33.8 Å². The smallest absolute Gasteiger partial charge is 0.333 e. The van der Waals surface area contributed by atoms with E-state index in [1.165, 1.54) is 16.8 Å². The highest BCUT2D eigenvalue weighted by Crippen LogP contribution is 2.64. The minimum Gasteiger partial charge on any atom is -0.434 e. The Hall–Kier alpha value is -1.45. The number of aromatic nitrogens is 2. The van der Waals surface area contributed by atoms with Gasteiger partial charge in [0.05, 0.1) is 18.1 Å². The molecule has 0 bridgehead atoms. The van der Waals surface area contributed by atoms with Crippen LogP contribution in [0, 0.1) is 17.8 Å². The first-order valence-corrected chi connectivity index (χ1v) is 16.2. The zero-order chi connectivity index (χ0) is 24.9. The van der Waals surface area contributed by atoms with Crippen molar-refractivity contribution in [3.8, 4) is 12.3 Å². The number of nitrogens with zero attached hydrogens (tertiary/aromatic N) is 1. The van der Waals surface area contributed by atoms with Crippen LogP contribution in [0.1, 0.15) is 68.5 Å². The van der Waals surface area contributed by atoms with Gasteiger partial charge in [-0.3, -0.25) is 14.3 Å². The molecule has 4 unspecified atom stereocenters. The van der Waals surface area contributed by atoms with Gasteiger partial charge in [-0.15, -0.1) is 6.42 Å². The van der Waals surface area contributed by atoms with Crippen molar-refractivity contribution in [1.29, 1.82) is 0 Å². The monoisotopic (exact) mass is 492 g/mol. The van der Waals surface area contributed by atoms with Crippen molar-refractivity contribution in [2.45, 2.75) is 102 Å². The molecule has 33 heavy (non-hydrogen) atoms.